The van der Waals surface area contributed by atoms with Crippen LogP contribution in [0.5, 0.6) is 0 Å². The molecule has 128 valence electrons. The lowest BCUT2D eigenvalue weighted by Gasteiger charge is -2.13. The van der Waals surface area contributed by atoms with Gasteiger partial charge in [-0.05, 0) is 30.2 Å². The summed E-state index contributed by atoms with van der Waals surface area (Å²) in [4.78, 5) is 36.9. The average Bonchev–Trinajstić information content (AvgIpc) is 2.83. The maximum atomic E-state index is 13.7. The second-order valence-corrected chi connectivity index (χ2v) is 5.55. The van der Waals surface area contributed by atoms with Gasteiger partial charge in [0.15, 0.2) is 0 Å². The van der Waals surface area contributed by atoms with E-state index in [9.17, 15) is 23.2 Å². The molecule has 0 atom stereocenters. The van der Waals surface area contributed by atoms with Crippen LogP contribution in [0.25, 0.3) is 0 Å². The first-order valence-electron chi connectivity index (χ1n) is 7.64. The molecule has 7 heteroatoms. The third-order valence-electron chi connectivity index (χ3n) is 3.92. The fourth-order valence-electron chi connectivity index (χ4n) is 2.67. The third kappa shape index (κ3) is 3.26. The Morgan fingerprint density at radius 1 is 0.960 bits per heavy atom. The highest BCUT2D eigenvalue weighted by atomic mass is 19.1. The molecular formula is C18H14F2N2O3. The van der Waals surface area contributed by atoms with Gasteiger partial charge in [0.05, 0.1) is 11.1 Å². The molecule has 1 N–H and O–H groups in total. The Labute approximate surface area is 142 Å². The molecule has 3 amide bonds. The molecule has 0 aromatic heterocycles. The molecule has 0 saturated carbocycles. The summed E-state index contributed by atoms with van der Waals surface area (Å²) in [6.45, 7) is -0.361. The molecule has 0 aliphatic carbocycles. The van der Waals surface area contributed by atoms with Gasteiger partial charge >= 0.3 is 0 Å². The first kappa shape index (κ1) is 16.8. The lowest BCUT2D eigenvalue weighted by atomic mass is 10.1. The van der Waals surface area contributed by atoms with Gasteiger partial charge < -0.3 is 5.32 Å². The van der Waals surface area contributed by atoms with Crippen molar-refractivity contribution in [3.8, 4) is 0 Å². The Morgan fingerprint density at radius 3 is 2.40 bits per heavy atom. The number of amides is 3. The van der Waals surface area contributed by atoms with E-state index in [0.29, 0.717) is 10.5 Å². The van der Waals surface area contributed by atoms with Crippen LogP contribution in [0.15, 0.2) is 42.5 Å². The molecule has 0 spiro atoms. The highest BCUT2D eigenvalue weighted by Crippen LogP contribution is 2.24. The summed E-state index contributed by atoms with van der Waals surface area (Å²) in [6, 6.07) is 9.94. The number of carbonyl (C=O) groups excluding carboxylic acids is 3. The third-order valence-corrected chi connectivity index (χ3v) is 3.92. The van der Waals surface area contributed by atoms with E-state index in [2.05, 4.69) is 5.32 Å². The average molecular weight is 344 g/mol. The maximum Gasteiger partial charge on any atom is 0.265 e. The molecule has 2 aromatic rings. The lowest BCUT2D eigenvalue weighted by molar-refractivity contribution is -0.121. The molecule has 1 aliphatic heterocycles. The van der Waals surface area contributed by atoms with E-state index in [4.69, 9.17) is 0 Å². The van der Waals surface area contributed by atoms with Crippen molar-refractivity contribution in [3.63, 3.8) is 0 Å². The number of nitrogens with zero attached hydrogens (tertiary/aromatic N) is 1. The van der Waals surface area contributed by atoms with E-state index in [1.165, 1.54) is 18.2 Å². The van der Waals surface area contributed by atoms with Crippen molar-refractivity contribution in [1.29, 1.82) is 0 Å². The molecule has 3 rings (SSSR count). The fraction of sp³-hybridized carbons (Fsp3) is 0.167. The Bertz CT molecular complexity index is 867. The molecule has 0 fully saturated rings. The highest BCUT2D eigenvalue weighted by Gasteiger charge is 2.38. The minimum Gasteiger partial charge on any atom is -0.354 e. The van der Waals surface area contributed by atoms with Crippen LogP contribution in [0, 0.1) is 11.6 Å². The summed E-state index contributed by atoms with van der Waals surface area (Å²) in [6.07, 6.45) is 0.273. The van der Waals surface area contributed by atoms with E-state index in [-0.39, 0.29) is 29.9 Å². The van der Waals surface area contributed by atoms with Crippen molar-refractivity contribution in [3.05, 3.63) is 70.8 Å². The van der Waals surface area contributed by atoms with E-state index in [1.54, 1.807) is 18.2 Å². The summed E-state index contributed by atoms with van der Waals surface area (Å²) in [5, 5.41) is 2.52. The van der Waals surface area contributed by atoms with Gasteiger partial charge in [0.1, 0.15) is 18.2 Å². The number of halogens is 2. The van der Waals surface area contributed by atoms with Crippen molar-refractivity contribution >= 4 is 17.7 Å². The largest absolute Gasteiger partial charge is 0.354 e. The van der Waals surface area contributed by atoms with Crippen molar-refractivity contribution in [1.82, 2.24) is 10.2 Å². The Hall–Kier alpha value is -3.09. The Morgan fingerprint density at radius 2 is 1.68 bits per heavy atom. The summed E-state index contributed by atoms with van der Waals surface area (Å²) in [7, 11) is 0. The quantitative estimate of drug-likeness (QED) is 0.843. The van der Waals surface area contributed by atoms with Gasteiger partial charge in [-0.1, -0.05) is 24.3 Å². The molecule has 0 saturated heterocycles. The minimum atomic E-state index is -0.831. The number of fused-ring (bicyclic) bond motifs is 1. The van der Waals surface area contributed by atoms with E-state index >= 15 is 0 Å². The van der Waals surface area contributed by atoms with Crippen LogP contribution in [0.2, 0.25) is 0 Å². The smallest absolute Gasteiger partial charge is 0.265 e. The SMILES string of the molecule is O=C(CN1C(=O)c2cccc(F)c2C1=O)NCCc1ccccc1F. The van der Waals surface area contributed by atoms with E-state index in [0.717, 1.165) is 6.07 Å². The summed E-state index contributed by atoms with van der Waals surface area (Å²) in [5.74, 6) is -3.27. The van der Waals surface area contributed by atoms with E-state index in [1.807, 2.05) is 0 Å². The van der Waals surface area contributed by atoms with Crippen molar-refractivity contribution in [2.75, 3.05) is 13.1 Å². The van der Waals surface area contributed by atoms with Gasteiger partial charge in [-0.25, -0.2) is 8.78 Å². The van der Waals surface area contributed by atoms with Crippen molar-refractivity contribution in [2.24, 2.45) is 0 Å². The number of carbonyl (C=O) groups is 3. The zero-order chi connectivity index (χ0) is 18.0. The topological polar surface area (TPSA) is 66.5 Å². The Balaban J connectivity index is 1.59. The Kier molecular flexibility index (Phi) is 4.56. The standard InChI is InChI=1S/C18H14F2N2O3/c19-13-6-2-1-4-11(13)8-9-21-15(23)10-22-17(24)12-5-3-7-14(20)16(12)18(22)25/h1-7H,8-10H2,(H,21,23). The van der Waals surface area contributed by atoms with Crippen LogP contribution in [0.3, 0.4) is 0 Å². The van der Waals surface area contributed by atoms with Crippen LogP contribution in [-0.4, -0.2) is 35.7 Å². The van der Waals surface area contributed by atoms with Crippen LogP contribution in [0.4, 0.5) is 8.78 Å². The number of hydrogen-bond acceptors (Lipinski definition) is 3. The van der Waals surface area contributed by atoms with Crippen molar-refractivity contribution in [2.45, 2.75) is 6.42 Å². The summed E-state index contributed by atoms with van der Waals surface area (Å²) >= 11 is 0. The number of hydrogen-bond donors (Lipinski definition) is 1. The van der Waals surface area contributed by atoms with E-state index < -0.39 is 30.1 Å². The van der Waals surface area contributed by atoms with Crippen LogP contribution in [0.1, 0.15) is 26.3 Å². The minimum absolute atomic E-state index is 0.0517. The normalized spacial score (nSPS) is 13.1. The summed E-state index contributed by atoms with van der Waals surface area (Å²) in [5.41, 5.74) is 0.0846. The van der Waals surface area contributed by atoms with Gasteiger partial charge in [0.2, 0.25) is 5.91 Å². The van der Waals surface area contributed by atoms with Crippen molar-refractivity contribution < 1.29 is 23.2 Å². The second-order valence-electron chi connectivity index (χ2n) is 5.55. The molecule has 1 aliphatic rings. The predicted molar refractivity (Wildman–Crippen MR) is 84.9 cm³/mol. The molecular weight excluding hydrogens is 330 g/mol. The lowest BCUT2D eigenvalue weighted by Crippen LogP contribution is -2.41. The highest BCUT2D eigenvalue weighted by molar-refractivity contribution is 6.22. The predicted octanol–water partition coefficient (Wildman–Crippen LogP) is 1.92. The fourth-order valence-corrected chi connectivity index (χ4v) is 2.67. The van der Waals surface area contributed by atoms with Crippen LogP contribution < -0.4 is 5.32 Å². The monoisotopic (exact) mass is 344 g/mol. The zero-order valence-corrected chi connectivity index (χ0v) is 13.1. The van der Waals surface area contributed by atoms with Crippen LogP contribution >= 0.6 is 0 Å². The maximum absolute atomic E-state index is 13.7. The summed E-state index contributed by atoms with van der Waals surface area (Å²) < 4.78 is 27.2. The number of rotatable bonds is 5. The molecule has 1 heterocycles. The molecule has 0 radical (unpaired) electrons. The number of imide groups is 1. The van der Waals surface area contributed by atoms with Gasteiger partial charge in [0.25, 0.3) is 11.8 Å². The van der Waals surface area contributed by atoms with Gasteiger partial charge in [-0.3, -0.25) is 19.3 Å². The molecule has 0 bridgehead atoms. The molecule has 25 heavy (non-hydrogen) atoms. The van der Waals surface area contributed by atoms with Gasteiger partial charge in [0, 0.05) is 6.54 Å². The van der Waals surface area contributed by atoms with Gasteiger partial charge in [-0.15, -0.1) is 0 Å². The second kappa shape index (κ2) is 6.80. The molecule has 2 aromatic carbocycles. The molecule has 0 unspecified atom stereocenters. The number of nitrogens with one attached hydrogen (secondary N) is 1. The first-order chi connectivity index (χ1) is 12.0. The molecule has 5 nitrogen and oxygen atoms in total. The number of benzene rings is 2. The zero-order valence-electron chi connectivity index (χ0n) is 13.1. The van der Waals surface area contributed by atoms with Crippen LogP contribution in [-0.2, 0) is 11.2 Å². The first-order valence-corrected chi connectivity index (χ1v) is 7.64. The van der Waals surface area contributed by atoms with Gasteiger partial charge in [-0.2, -0.15) is 0 Å².